The second-order valence-corrected chi connectivity index (χ2v) is 4.71. The monoisotopic (exact) mass is 285 g/mol. The van der Waals surface area contributed by atoms with Crippen LogP contribution in [0.25, 0.3) is 5.65 Å². The summed E-state index contributed by atoms with van der Waals surface area (Å²) in [6.45, 7) is 3.96. The van der Waals surface area contributed by atoms with Gasteiger partial charge in [-0.05, 0) is 35.9 Å². The van der Waals surface area contributed by atoms with Crippen LogP contribution in [-0.4, -0.2) is 35.7 Å². The van der Waals surface area contributed by atoms with Crippen LogP contribution in [0.1, 0.15) is 28.5 Å². The largest absolute Gasteiger partial charge is 0.306 e. The fourth-order valence-corrected chi connectivity index (χ4v) is 2.40. The molecule has 21 heavy (non-hydrogen) atoms. The third kappa shape index (κ3) is 2.14. The molecule has 0 radical (unpaired) electrons. The lowest BCUT2D eigenvalue weighted by Gasteiger charge is -2.08. The lowest BCUT2D eigenvalue weighted by Crippen LogP contribution is -2.16. The van der Waals surface area contributed by atoms with Crippen LogP contribution in [0.15, 0.2) is 18.3 Å². The van der Waals surface area contributed by atoms with E-state index >= 15 is 0 Å². The molecule has 0 aliphatic carbocycles. The van der Waals surface area contributed by atoms with Gasteiger partial charge in [-0.15, -0.1) is 5.10 Å². The Morgan fingerprint density at radius 3 is 3.00 bits per heavy atom. The normalized spacial score (nSPS) is 11.0. The molecule has 0 bridgehead atoms. The molecule has 1 N–H and O–H groups in total. The first-order valence-corrected chi connectivity index (χ1v) is 6.62. The van der Waals surface area contributed by atoms with E-state index in [4.69, 9.17) is 0 Å². The number of aromatic nitrogens is 6. The predicted octanol–water partition coefficient (Wildman–Crippen LogP) is 0.981. The molecule has 1 amide bonds. The minimum absolute atomic E-state index is 0.256. The number of fused-ring (bicyclic) bond motifs is 1. The van der Waals surface area contributed by atoms with Crippen molar-refractivity contribution in [2.75, 3.05) is 5.32 Å². The number of nitrogens with one attached hydrogen (secondary N) is 1. The minimum atomic E-state index is -0.256. The molecule has 108 valence electrons. The average Bonchev–Trinajstić information content (AvgIpc) is 3.03. The third-order valence-electron chi connectivity index (χ3n) is 3.40. The van der Waals surface area contributed by atoms with E-state index in [9.17, 15) is 4.79 Å². The van der Waals surface area contributed by atoms with Crippen molar-refractivity contribution in [3.8, 4) is 0 Å². The van der Waals surface area contributed by atoms with Crippen LogP contribution in [0.4, 0.5) is 5.82 Å². The van der Waals surface area contributed by atoms with Crippen molar-refractivity contribution >= 4 is 17.4 Å². The first-order chi connectivity index (χ1) is 10.1. The summed E-state index contributed by atoms with van der Waals surface area (Å²) < 4.78 is 3.14. The van der Waals surface area contributed by atoms with Gasteiger partial charge in [0.05, 0.1) is 11.3 Å². The summed E-state index contributed by atoms with van der Waals surface area (Å²) >= 11 is 0. The zero-order valence-electron chi connectivity index (χ0n) is 12.0. The first-order valence-electron chi connectivity index (χ1n) is 6.62. The lowest BCUT2D eigenvalue weighted by molar-refractivity contribution is 0.102. The smallest absolute Gasteiger partial charge is 0.260 e. The fourth-order valence-electron chi connectivity index (χ4n) is 2.40. The number of anilines is 1. The van der Waals surface area contributed by atoms with Crippen molar-refractivity contribution in [2.24, 2.45) is 7.05 Å². The number of tetrazole rings is 1. The lowest BCUT2D eigenvalue weighted by atomic mass is 10.2. The van der Waals surface area contributed by atoms with Gasteiger partial charge in [-0.3, -0.25) is 9.48 Å². The van der Waals surface area contributed by atoms with E-state index in [1.807, 2.05) is 13.8 Å². The number of nitrogens with zero attached hydrogens (tertiary/aromatic N) is 6. The summed E-state index contributed by atoms with van der Waals surface area (Å²) in [6.07, 6.45) is 2.49. The van der Waals surface area contributed by atoms with Gasteiger partial charge >= 0.3 is 0 Å². The SMILES string of the molecule is CCc1c(C)nn(C)c1NC(=O)c1cccn2nnnc12. The molecule has 0 spiro atoms. The van der Waals surface area contributed by atoms with Gasteiger partial charge in [0, 0.05) is 18.8 Å². The molecular formula is C13H15N7O. The van der Waals surface area contributed by atoms with Crippen molar-refractivity contribution in [1.29, 1.82) is 0 Å². The van der Waals surface area contributed by atoms with Gasteiger partial charge in [-0.2, -0.15) is 9.61 Å². The maximum absolute atomic E-state index is 12.5. The summed E-state index contributed by atoms with van der Waals surface area (Å²) in [4.78, 5) is 12.5. The summed E-state index contributed by atoms with van der Waals surface area (Å²) in [6, 6.07) is 3.42. The summed E-state index contributed by atoms with van der Waals surface area (Å²) in [5, 5.41) is 18.5. The molecule has 3 rings (SSSR count). The van der Waals surface area contributed by atoms with Crippen molar-refractivity contribution in [3.63, 3.8) is 0 Å². The molecule has 0 aliphatic rings. The van der Waals surface area contributed by atoms with Crippen molar-refractivity contribution in [1.82, 2.24) is 29.8 Å². The Kier molecular flexibility index (Phi) is 3.13. The molecule has 3 aromatic heterocycles. The van der Waals surface area contributed by atoms with Gasteiger partial charge in [-0.25, -0.2) is 0 Å². The molecule has 0 atom stereocenters. The van der Waals surface area contributed by atoms with E-state index in [-0.39, 0.29) is 5.91 Å². The van der Waals surface area contributed by atoms with Crippen molar-refractivity contribution in [3.05, 3.63) is 35.2 Å². The highest BCUT2D eigenvalue weighted by molar-refractivity contribution is 6.08. The molecule has 3 aromatic rings. The van der Waals surface area contributed by atoms with E-state index < -0.39 is 0 Å². The van der Waals surface area contributed by atoms with E-state index in [1.165, 1.54) is 4.52 Å². The van der Waals surface area contributed by atoms with E-state index in [0.717, 1.165) is 17.7 Å². The van der Waals surface area contributed by atoms with Gasteiger partial charge in [0.1, 0.15) is 5.82 Å². The van der Waals surface area contributed by atoms with Crippen LogP contribution in [0.3, 0.4) is 0 Å². The van der Waals surface area contributed by atoms with E-state index in [1.54, 1.807) is 30.1 Å². The van der Waals surface area contributed by atoms with Crippen LogP contribution < -0.4 is 5.32 Å². The summed E-state index contributed by atoms with van der Waals surface area (Å²) in [7, 11) is 1.81. The zero-order valence-corrected chi connectivity index (χ0v) is 12.0. The Balaban J connectivity index is 1.99. The van der Waals surface area contributed by atoms with Crippen LogP contribution in [-0.2, 0) is 13.5 Å². The Hall–Kier alpha value is -2.77. The Labute approximate surface area is 120 Å². The van der Waals surface area contributed by atoms with Gasteiger partial charge in [-0.1, -0.05) is 6.92 Å². The number of hydrogen-bond donors (Lipinski definition) is 1. The van der Waals surface area contributed by atoms with Crippen molar-refractivity contribution < 1.29 is 4.79 Å². The molecule has 8 heteroatoms. The Morgan fingerprint density at radius 1 is 1.43 bits per heavy atom. The predicted molar refractivity (Wildman–Crippen MR) is 76.1 cm³/mol. The van der Waals surface area contributed by atoms with Gasteiger partial charge in [0.15, 0.2) is 5.65 Å². The quantitative estimate of drug-likeness (QED) is 0.774. The van der Waals surface area contributed by atoms with Crippen LogP contribution >= 0.6 is 0 Å². The standard InChI is InChI=1S/C13H15N7O/c1-4-9-8(2)16-19(3)11(9)14-13(21)10-6-5-7-20-12(10)15-17-18-20/h5-7H,4H2,1-3H3,(H,14,21). The van der Waals surface area contributed by atoms with Crippen molar-refractivity contribution in [2.45, 2.75) is 20.3 Å². The second kappa shape index (κ2) is 4.97. The molecule has 8 nitrogen and oxygen atoms in total. The number of amides is 1. The van der Waals surface area contributed by atoms with Crippen LogP contribution in [0.5, 0.6) is 0 Å². The van der Waals surface area contributed by atoms with E-state index in [2.05, 4.69) is 25.9 Å². The summed E-state index contributed by atoms with van der Waals surface area (Å²) in [5.41, 5.74) is 2.78. The Bertz CT molecular complexity index is 817. The number of carbonyl (C=O) groups is 1. The minimum Gasteiger partial charge on any atom is -0.306 e. The molecule has 0 aromatic carbocycles. The number of hydrogen-bond acceptors (Lipinski definition) is 5. The van der Waals surface area contributed by atoms with Gasteiger partial charge < -0.3 is 5.32 Å². The number of pyridine rings is 1. The topological polar surface area (TPSA) is 90.0 Å². The maximum atomic E-state index is 12.5. The number of aryl methyl sites for hydroxylation is 2. The molecule has 0 aliphatic heterocycles. The first kappa shape index (κ1) is 13.2. The van der Waals surface area contributed by atoms with E-state index in [0.29, 0.717) is 17.0 Å². The molecule has 0 fully saturated rings. The molecule has 3 heterocycles. The van der Waals surface area contributed by atoms with Gasteiger partial charge in [0.2, 0.25) is 0 Å². The van der Waals surface area contributed by atoms with Crippen LogP contribution in [0.2, 0.25) is 0 Å². The highest BCUT2D eigenvalue weighted by Crippen LogP contribution is 2.20. The highest BCUT2D eigenvalue weighted by atomic mass is 16.1. The number of rotatable bonds is 3. The maximum Gasteiger partial charge on any atom is 0.260 e. The molecule has 0 saturated carbocycles. The summed E-state index contributed by atoms with van der Waals surface area (Å²) in [5.74, 6) is 0.447. The molecular weight excluding hydrogens is 270 g/mol. The average molecular weight is 285 g/mol. The van der Waals surface area contributed by atoms with Crippen LogP contribution in [0, 0.1) is 6.92 Å². The fraction of sp³-hybridized carbons (Fsp3) is 0.308. The molecule has 0 saturated heterocycles. The Morgan fingerprint density at radius 2 is 2.24 bits per heavy atom. The zero-order chi connectivity index (χ0) is 15.0. The highest BCUT2D eigenvalue weighted by Gasteiger charge is 2.18. The third-order valence-corrected chi connectivity index (χ3v) is 3.40. The van der Waals surface area contributed by atoms with Gasteiger partial charge in [0.25, 0.3) is 5.91 Å². The number of carbonyl (C=O) groups excluding carboxylic acids is 1. The second-order valence-electron chi connectivity index (χ2n) is 4.71. The molecule has 0 unspecified atom stereocenters.